The number of aromatic nitrogens is 1. The fourth-order valence-electron chi connectivity index (χ4n) is 3.76. The van der Waals surface area contributed by atoms with Crippen molar-refractivity contribution in [3.8, 4) is 22.3 Å². The molecule has 0 amide bonds. The lowest BCUT2D eigenvalue weighted by molar-refractivity contribution is -0.134. The van der Waals surface area contributed by atoms with Crippen LogP contribution in [0.4, 0.5) is 0 Å². The fraction of sp³-hybridized carbons (Fsp3) is 0.192. The molecule has 1 atom stereocenters. The Kier molecular flexibility index (Phi) is 7.89. The molecule has 2 heterocycles. The second-order valence-electron chi connectivity index (χ2n) is 7.60. The topological polar surface area (TPSA) is 90.7 Å². The van der Waals surface area contributed by atoms with Crippen molar-refractivity contribution in [2.24, 2.45) is 0 Å². The molecule has 1 aliphatic rings. The van der Waals surface area contributed by atoms with E-state index in [0.29, 0.717) is 18.2 Å². The lowest BCUT2D eigenvalue weighted by Gasteiger charge is -2.20. The van der Waals surface area contributed by atoms with Crippen LogP contribution in [0.2, 0.25) is 0 Å². The van der Waals surface area contributed by atoms with Crippen molar-refractivity contribution in [3.05, 3.63) is 90.8 Å². The number of hydrogen-bond donors (Lipinski definition) is 2. The zero-order valence-corrected chi connectivity index (χ0v) is 17.9. The van der Waals surface area contributed by atoms with Gasteiger partial charge >= 0.3 is 11.9 Å². The summed E-state index contributed by atoms with van der Waals surface area (Å²) in [5, 5.41) is 15.6. The Labute approximate surface area is 187 Å². The number of rotatable bonds is 5. The number of pyridine rings is 1. The van der Waals surface area contributed by atoms with Crippen molar-refractivity contribution in [1.29, 1.82) is 0 Å². The molecule has 2 aromatic carbocycles. The van der Waals surface area contributed by atoms with Crippen LogP contribution in [0.5, 0.6) is 0 Å². The molecule has 3 aromatic rings. The molecule has 6 heteroatoms. The normalized spacial score (nSPS) is 15.8. The maximum absolute atomic E-state index is 9.55. The van der Waals surface area contributed by atoms with Gasteiger partial charge in [-0.15, -0.1) is 0 Å². The molecule has 32 heavy (non-hydrogen) atoms. The van der Waals surface area contributed by atoms with Gasteiger partial charge in [0.25, 0.3) is 0 Å². The van der Waals surface area contributed by atoms with Crippen LogP contribution in [0.3, 0.4) is 0 Å². The maximum atomic E-state index is 9.55. The minimum Gasteiger partial charge on any atom is -0.478 e. The highest BCUT2D eigenvalue weighted by Gasteiger charge is 2.22. The van der Waals surface area contributed by atoms with Gasteiger partial charge in [-0.25, -0.2) is 9.59 Å². The van der Waals surface area contributed by atoms with Gasteiger partial charge in [-0.05, 0) is 54.8 Å². The number of carbonyl (C=O) groups is 2. The Bertz CT molecular complexity index is 1060. The number of hydrogen-bond acceptors (Lipinski definition) is 4. The molecule has 0 radical (unpaired) electrons. The van der Waals surface area contributed by atoms with Crippen LogP contribution >= 0.6 is 0 Å². The van der Waals surface area contributed by atoms with Gasteiger partial charge < -0.3 is 10.2 Å². The number of carboxylic acid groups (broad SMARTS) is 2. The van der Waals surface area contributed by atoms with Gasteiger partial charge in [-0.1, -0.05) is 54.6 Å². The maximum Gasteiger partial charge on any atom is 0.328 e. The quantitative estimate of drug-likeness (QED) is 0.560. The molecule has 2 N–H and O–H groups in total. The van der Waals surface area contributed by atoms with Crippen molar-refractivity contribution >= 4 is 11.9 Å². The molecular weight excluding hydrogens is 404 g/mol. The van der Waals surface area contributed by atoms with Gasteiger partial charge in [0.05, 0.1) is 0 Å². The minimum absolute atomic E-state index is 0.515. The third kappa shape index (κ3) is 6.36. The molecule has 0 bridgehead atoms. The van der Waals surface area contributed by atoms with Crippen LogP contribution < -0.4 is 0 Å². The zero-order chi connectivity index (χ0) is 22.9. The Balaban J connectivity index is 0.000000312. The molecule has 0 spiro atoms. The minimum atomic E-state index is -1.26. The smallest absolute Gasteiger partial charge is 0.328 e. The van der Waals surface area contributed by atoms with Gasteiger partial charge in [0.15, 0.2) is 0 Å². The van der Waals surface area contributed by atoms with E-state index in [9.17, 15) is 9.59 Å². The zero-order valence-electron chi connectivity index (χ0n) is 17.9. The summed E-state index contributed by atoms with van der Waals surface area (Å²) in [6.45, 7) is 1.18. The van der Waals surface area contributed by atoms with E-state index < -0.39 is 11.9 Å². The third-order valence-electron chi connectivity index (χ3n) is 5.36. The average molecular weight is 431 g/mol. The van der Waals surface area contributed by atoms with Crippen LogP contribution in [0.25, 0.3) is 22.3 Å². The number of benzene rings is 2. The second-order valence-corrected chi connectivity index (χ2v) is 7.60. The molecule has 1 unspecified atom stereocenters. The van der Waals surface area contributed by atoms with Crippen molar-refractivity contribution in [2.45, 2.75) is 18.9 Å². The first kappa shape index (κ1) is 22.9. The van der Waals surface area contributed by atoms with E-state index in [0.717, 1.165) is 0 Å². The van der Waals surface area contributed by atoms with Crippen LogP contribution in [-0.4, -0.2) is 45.6 Å². The summed E-state index contributed by atoms with van der Waals surface area (Å²) in [7, 11) is 2.21. The van der Waals surface area contributed by atoms with Gasteiger partial charge in [0.1, 0.15) is 0 Å². The fourth-order valence-corrected chi connectivity index (χ4v) is 3.76. The van der Waals surface area contributed by atoms with Gasteiger partial charge in [0.2, 0.25) is 0 Å². The van der Waals surface area contributed by atoms with Crippen molar-refractivity contribution < 1.29 is 19.8 Å². The van der Waals surface area contributed by atoms with E-state index in [2.05, 4.69) is 77.6 Å². The van der Waals surface area contributed by atoms with E-state index in [4.69, 9.17) is 10.2 Å². The number of carboxylic acids is 2. The molecule has 1 aromatic heterocycles. The van der Waals surface area contributed by atoms with Gasteiger partial charge in [0, 0.05) is 36.2 Å². The predicted octanol–water partition coefficient (Wildman–Crippen LogP) is 4.89. The summed E-state index contributed by atoms with van der Waals surface area (Å²) in [5.74, 6) is -2.51. The van der Waals surface area contributed by atoms with Gasteiger partial charge in [-0.2, -0.15) is 0 Å². The number of aliphatic carboxylic acids is 2. The standard InChI is InChI=1S/C22H22N2.C4H4O4/c1-24-13-5-8-22(24)21-14-20(15-23-16-21)19-11-9-18(10-12-19)17-6-3-2-4-7-17;5-3(6)1-2-4(7)8/h2-4,6-7,9-12,14-16,22H,5,8,13H2,1H3;1-2H,(H,5,6)(H,7,8). The van der Waals surface area contributed by atoms with E-state index in [-0.39, 0.29) is 0 Å². The molecule has 4 rings (SSSR count). The van der Waals surface area contributed by atoms with E-state index in [1.165, 1.54) is 47.2 Å². The predicted molar refractivity (Wildman–Crippen MR) is 124 cm³/mol. The first-order chi connectivity index (χ1) is 15.4. The molecule has 6 nitrogen and oxygen atoms in total. The Hall–Kier alpha value is -3.77. The van der Waals surface area contributed by atoms with Crippen LogP contribution in [0.15, 0.2) is 85.2 Å². The van der Waals surface area contributed by atoms with E-state index >= 15 is 0 Å². The second kappa shape index (κ2) is 11.0. The Morgan fingerprint density at radius 1 is 0.875 bits per heavy atom. The average Bonchev–Trinajstić information content (AvgIpc) is 3.25. The molecule has 1 aliphatic heterocycles. The van der Waals surface area contributed by atoms with Crippen molar-refractivity contribution in [1.82, 2.24) is 9.88 Å². The molecule has 1 saturated heterocycles. The number of nitrogens with zero attached hydrogens (tertiary/aromatic N) is 2. The monoisotopic (exact) mass is 430 g/mol. The van der Waals surface area contributed by atoms with Crippen LogP contribution in [0.1, 0.15) is 24.4 Å². The summed E-state index contributed by atoms with van der Waals surface area (Å²) in [4.78, 5) is 26.0. The molecule has 1 fully saturated rings. The van der Waals surface area contributed by atoms with E-state index in [1.54, 1.807) is 0 Å². The van der Waals surface area contributed by atoms with Crippen LogP contribution in [-0.2, 0) is 9.59 Å². The third-order valence-corrected chi connectivity index (χ3v) is 5.36. The molecular formula is C26H26N2O4. The Morgan fingerprint density at radius 3 is 1.97 bits per heavy atom. The van der Waals surface area contributed by atoms with E-state index in [1.807, 2.05) is 12.4 Å². The number of likely N-dealkylation sites (tertiary alicyclic amines) is 1. The summed E-state index contributed by atoms with van der Waals surface area (Å²) in [5.41, 5.74) is 6.26. The summed E-state index contributed by atoms with van der Waals surface area (Å²) < 4.78 is 0. The lowest BCUT2D eigenvalue weighted by Crippen LogP contribution is -2.17. The first-order valence-electron chi connectivity index (χ1n) is 10.4. The summed E-state index contributed by atoms with van der Waals surface area (Å²) in [6.07, 6.45) is 7.61. The SMILES string of the molecule is CN1CCCC1c1cncc(-c2ccc(-c3ccccc3)cc2)c1.O=C(O)C=CC(=O)O. The van der Waals surface area contributed by atoms with Crippen molar-refractivity contribution in [3.63, 3.8) is 0 Å². The van der Waals surface area contributed by atoms with Gasteiger partial charge in [-0.3, -0.25) is 9.88 Å². The Morgan fingerprint density at radius 2 is 1.44 bits per heavy atom. The summed E-state index contributed by atoms with van der Waals surface area (Å²) in [6, 6.07) is 22.1. The highest BCUT2D eigenvalue weighted by molar-refractivity contribution is 5.89. The highest BCUT2D eigenvalue weighted by Crippen LogP contribution is 2.32. The summed E-state index contributed by atoms with van der Waals surface area (Å²) >= 11 is 0. The largest absolute Gasteiger partial charge is 0.478 e. The molecule has 164 valence electrons. The van der Waals surface area contributed by atoms with Crippen LogP contribution in [0, 0.1) is 0 Å². The first-order valence-corrected chi connectivity index (χ1v) is 10.4. The molecule has 0 saturated carbocycles. The highest BCUT2D eigenvalue weighted by atomic mass is 16.4. The molecule has 0 aliphatic carbocycles. The lowest BCUT2D eigenvalue weighted by atomic mass is 9.99. The van der Waals surface area contributed by atoms with Crippen molar-refractivity contribution in [2.75, 3.05) is 13.6 Å².